The molecular weight excluding hydrogens is 362 g/mol. The number of ether oxygens (including phenoxy) is 1. The smallest absolute Gasteiger partial charge is 0.227 e. The third-order valence-electron chi connectivity index (χ3n) is 5.23. The molecule has 0 radical (unpaired) electrons. The molecule has 1 amide bonds. The molecule has 1 aliphatic heterocycles. The topological polar surface area (TPSA) is 47.4 Å². The van der Waals surface area contributed by atoms with Gasteiger partial charge < -0.3 is 9.64 Å². The summed E-state index contributed by atoms with van der Waals surface area (Å²) in [5.41, 5.74) is 3.83. The minimum absolute atomic E-state index is 0.0181. The lowest BCUT2D eigenvalue weighted by molar-refractivity contribution is -0.142. The minimum Gasteiger partial charge on any atom is -0.374 e. The van der Waals surface area contributed by atoms with E-state index in [-0.39, 0.29) is 17.4 Å². The number of hydrogen-bond acceptors (Lipinski definition) is 3. The molecule has 0 N–H and O–H groups in total. The molecule has 1 aliphatic rings. The monoisotopic (exact) mass is 389 g/mol. The number of halogens is 1. The highest BCUT2D eigenvalue weighted by Crippen LogP contribution is 2.26. The lowest BCUT2D eigenvalue weighted by atomic mass is 9.88. The Morgan fingerprint density at radius 3 is 2.56 bits per heavy atom. The Morgan fingerprint density at radius 1 is 1.26 bits per heavy atom. The molecule has 1 fully saturated rings. The van der Waals surface area contributed by atoms with Crippen molar-refractivity contribution in [2.75, 3.05) is 19.7 Å². The van der Waals surface area contributed by atoms with Crippen LogP contribution in [0.4, 0.5) is 0 Å². The van der Waals surface area contributed by atoms with Crippen molar-refractivity contribution in [1.29, 1.82) is 0 Å². The molecule has 6 heteroatoms. The van der Waals surface area contributed by atoms with Crippen LogP contribution in [0.1, 0.15) is 37.7 Å². The van der Waals surface area contributed by atoms with Crippen LogP contribution in [0.3, 0.4) is 0 Å². The maximum atomic E-state index is 13.0. The highest BCUT2D eigenvalue weighted by molar-refractivity contribution is 6.30. The van der Waals surface area contributed by atoms with Gasteiger partial charge in [-0.25, -0.2) is 4.68 Å². The normalized spacial score (nSPS) is 18.0. The number of hydrogen-bond donors (Lipinski definition) is 0. The molecule has 3 rings (SSSR count). The van der Waals surface area contributed by atoms with Gasteiger partial charge in [-0.15, -0.1) is 0 Å². The number of rotatable bonds is 3. The van der Waals surface area contributed by atoms with Crippen LogP contribution in [0.25, 0.3) is 5.69 Å². The number of carbonyl (C=O) groups is 1. The van der Waals surface area contributed by atoms with E-state index in [2.05, 4.69) is 25.9 Å². The van der Waals surface area contributed by atoms with Crippen LogP contribution in [0, 0.1) is 19.3 Å². The summed E-state index contributed by atoms with van der Waals surface area (Å²) in [6, 6.07) is 7.56. The molecule has 1 saturated heterocycles. The molecule has 2 aromatic rings. The predicted molar refractivity (Wildman–Crippen MR) is 108 cm³/mol. The first-order valence-electron chi connectivity index (χ1n) is 9.37. The summed E-state index contributed by atoms with van der Waals surface area (Å²) in [7, 11) is 0. The minimum atomic E-state index is 0.0181. The third kappa shape index (κ3) is 4.36. The summed E-state index contributed by atoms with van der Waals surface area (Å²) < 4.78 is 7.75. The van der Waals surface area contributed by atoms with Gasteiger partial charge in [-0.3, -0.25) is 4.79 Å². The lowest BCUT2D eigenvalue weighted by Gasteiger charge is -2.39. The van der Waals surface area contributed by atoms with Crippen LogP contribution in [0.5, 0.6) is 0 Å². The number of benzene rings is 1. The van der Waals surface area contributed by atoms with Crippen molar-refractivity contribution in [2.45, 2.75) is 47.1 Å². The number of aromatic nitrogens is 2. The van der Waals surface area contributed by atoms with Gasteiger partial charge in [-0.2, -0.15) is 5.10 Å². The van der Waals surface area contributed by atoms with Gasteiger partial charge in [0.25, 0.3) is 0 Å². The zero-order valence-electron chi connectivity index (χ0n) is 16.8. The first-order chi connectivity index (χ1) is 12.7. The average molecular weight is 390 g/mol. The fourth-order valence-corrected chi connectivity index (χ4v) is 3.55. The average Bonchev–Trinajstić information content (AvgIpc) is 2.90. The summed E-state index contributed by atoms with van der Waals surface area (Å²) >= 11 is 5.98. The molecule has 1 aromatic carbocycles. The molecule has 0 saturated carbocycles. The van der Waals surface area contributed by atoms with E-state index in [0.29, 0.717) is 31.1 Å². The highest BCUT2D eigenvalue weighted by atomic mass is 35.5. The molecule has 0 spiro atoms. The van der Waals surface area contributed by atoms with Gasteiger partial charge >= 0.3 is 0 Å². The van der Waals surface area contributed by atoms with Gasteiger partial charge in [0.2, 0.25) is 5.91 Å². The van der Waals surface area contributed by atoms with Gasteiger partial charge in [-0.05, 0) is 43.5 Å². The number of nitrogens with zero attached hydrogens (tertiary/aromatic N) is 3. The molecule has 2 heterocycles. The fraction of sp³-hybridized carbons (Fsp3) is 0.524. The Labute approximate surface area is 166 Å². The van der Waals surface area contributed by atoms with Gasteiger partial charge in [0.15, 0.2) is 0 Å². The fourth-order valence-electron chi connectivity index (χ4n) is 3.43. The molecule has 1 aromatic heterocycles. The van der Waals surface area contributed by atoms with Crippen LogP contribution in [-0.4, -0.2) is 46.4 Å². The van der Waals surface area contributed by atoms with Gasteiger partial charge in [0.05, 0.1) is 30.5 Å². The Kier molecular flexibility index (Phi) is 5.63. The van der Waals surface area contributed by atoms with Crippen molar-refractivity contribution in [1.82, 2.24) is 14.7 Å². The van der Waals surface area contributed by atoms with Gasteiger partial charge in [0.1, 0.15) is 0 Å². The highest BCUT2D eigenvalue weighted by Gasteiger charge is 2.32. The molecule has 5 nitrogen and oxygen atoms in total. The van der Waals surface area contributed by atoms with Crippen LogP contribution in [0.15, 0.2) is 24.3 Å². The van der Waals surface area contributed by atoms with Crippen LogP contribution in [-0.2, 0) is 16.0 Å². The van der Waals surface area contributed by atoms with Crippen molar-refractivity contribution in [3.8, 4) is 5.69 Å². The number of amides is 1. The van der Waals surface area contributed by atoms with Gasteiger partial charge in [-0.1, -0.05) is 32.4 Å². The van der Waals surface area contributed by atoms with Crippen molar-refractivity contribution in [3.05, 3.63) is 46.2 Å². The molecule has 27 heavy (non-hydrogen) atoms. The van der Waals surface area contributed by atoms with Crippen molar-refractivity contribution >= 4 is 17.5 Å². The van der Waals surface area contributed by atoms with E-state index in [4.69, 9.17) is 16.3 Å². The summed E-state index contributed by atoms with van der Waals surface area (Å²) in [4.78, 5) is 14.9. The van der Waals surface area contributed by atoms with Crippen LogP contribution < -0.4 is 0 Å². The number of aryl methyl sites for hydroxylation is 1. The number of carbonyl (C=O) groups excluding carboxylic acids is 1. The zero-order valence-corrected chi connectivity index (χ0v) is 17.5. The summed E-state index contributed by atoms with van der Waals surface area (Å²) in [5.74, 6) is 0.134. The first-order valence-corrected chi connectivity index (χ1v) is 9.75. The first kappa shape index (κ1) is 19.9. The Morgan fingerprint density at radius 2 is 1.93 bits per heavy atom. The maximum Gasteiger partial charge on any atom is 0.227 e. The largest absolute Gasteiger partial charge is 0.374 e. The van der Waals surface area contributed by atoms with E-state index in [1.54, 1.807) is 0 Å². The third-order valence-corrected chi connectivity index (χ3v) is 5.48. The van der Waals surface area contributed by atoms with Crippen LogP contribution >= 0.6 is 11.6 Å². The quantitative estimate of drug-likeness (QED) is 0.798. The Hall–Kier alpha value is -1.85. The molecule has 146 valence electrons. The van der Waals surface area contributed by atoms with Crippen LogP contribution in [0.2, 0.25) is 5.02 Å². The van der Waals surface area contributed by atoms with E-state index in [1.165, 1.54) is 0 Å². The predicted octanol–water partition coefficient (Wildman–Crippen LogP) is 3.96. The second-order valence-electron chi connectivity index (χ2n) is 8.28. The lowest BCUT2D eigenvalue weighted by Crippen LogP contribution is -2.50. The molecule has 0 bridgehead atoms. The zero-order chi connectivity index (χ0) is 19.8. The molecular formula is C21H28ClN3O2. The van der Waals surface area contributed by atoms with E-state index in [1.807, 2.05) is 47.7 Å². The van der Waals surface area contributed by atoms with E-state index in [9.17, 15) is 4.79 Å². The van der Waals surface area contributed by atoms with Crippen molar-refractivity contribution < 1.29 is 9.53 Å². The molecule has 0 unspecified atom stereocenters. The summed E-state index contributed by atoms with van der Waals surface area (Å²) in [6.07, 6.45) is 0.427. The SMILES string of the molecule is Cc1nn(-c2ccc(Cl)cc2)c(C)c1CC(=O)N1CCO[C@H](C(C)(C)C)C1. The van der Waals surface area contributed by atoms with Crippen molar-refractivity contribution in [3.63, 3.8) is 0 Å². The Bertz CT molecular complexity index is 821. The maximum absolute atomic E-state index is 13.0. The van der Waals surface area contributed by atoms with Crippen molar-refractivity contribution in [2.24, 2.45) is 5.41 Å². The second-order valence-corrected chi connectivity index (χ2v) is 8.72. The Balaban J connectivity index is 1.77. The van der Waals surface area contributed by atoms with E-state index < -0.39 is 0 Å². The summed E-state index contributed by atoms with van der Waals surface area (Å²) in [5, 5.41) is 5.33. The summed E-state index contributed by atoms with van der Waals surface area (Å²) in [6.45, 7) is 12.3. The van der Waals surface area contributed by atoms with E-state index in [0.717, 1.165) is 22.6 Å². The molecule has 1 atom stereocenters. The second kappa shape index (κ2) is 7.64. The van der Waals surface area contributed by atoms with E-state index >= 15 is 0 Å². The van der Waals surface area contributed by atoms with Gasteiger partial charge in [0, 0.05) is 29.4 Å². The molecule has 0 aliphatic carbocycles. The standard InChI is InChI=1S/C21H28ClN3O2/c1-14-18(15(2)25(23-14)17-8-6-16(22)7-9-17)12-20(26)24-10-11-27-19(13-24)21(3,4)5/h6-9,19H,10-13H2,1-5H3/t19-/m0/s1. The number of morpholine rings is 1.